The van der Waals surface area contributed by atoms with E-state index in [2.05, 4.69) is 0 Å². The second-order valence-corrected chi connectivity index (χ2v) is 7.16. The molecule has 1 heterocycles. The number of benzene rings is 2. The summed E-state index contributed by atoms with van der Waals surface area (Å²) in [5.74, 6) is 0.600. The summed E-state index contributed by atoms with van der Waals surface area (Å²) < 4.78 is 73.1. The first-order valence-corrected chi connectivity index (χ1v) is 8.84. The van der Waals surface area contributed by atoms with Gasteiger partial charge in [-0.1, -0.05) is 24.3 Å². The Bertz CT molecular complexity index is 864. The van der Waals surface area contributed by atoms with Crippen LogP contribution in [-0.4, -0.2) is 44.1 Å². The van der Waals surface area contributed by atoms with Crippen molar-refractivity contribution >= 4 is 20.9 Å². The maximum absolute atomic E-state index is 13.1. The third kappa shape index (κ3) is 4.43. The molecule has 1 saturated heterocycles. The van der Waals surface area contributed by atoms with E-state index >= 15 is 0 Å². The van der Waals surface area contributed by atoms with E-state index in [1.54, 1.807) is 24.3 Å². The second kappa shape index (κ2) is 6.83. The average Bonchev–Trinajstić information content (AvgIpc) is 3.36. The maximum Gasteiger partial charge on any atom is 0.357 e. The minimum Gasteiger partial charge on any atom is -0.743 e. The molecule has 1 aliphatic heterocycles. The third-order valence-electron chi connectivity index (χ3n) is 3.68. The molecular formula is C16H15F2O6S-. The van der Waals surface area contributed by atoms with Crippen molar-refractivity contribution in [2.45, 2.75) is 18.0 Å². The Hall–Kier alpha value is -1.81. The fourth-order valence-corrected chi connectivity index (χ4v) is 2.47. The number of hydrogen-bond donors (Lipinski definition) is 0. The van der Waals surface area contributed by atoms with Crippen LogP contribution in [0.15, 0.2) is 36.4 Å². The summed E-state index contributed by atoms with van der Waals surface area (Å²) in [6.07, 6.45) is 0.102. The van der Waals surface area contributed by atoms with E-state index < -0.39 is 22.0 Å². The highest BCUT2D eigenvalue weighted by molar-refractivity contribution is 7.86. The lowest BCUT2D eigenvalue weighted by molar-refractivity contribution is -0.0267. The fourth-order valence-electron chi connectivity index (χ4n) is 2.24. The molecule has 0 aromatic heterocycles. The van der Waals surface area contributed by atoms with Crippen molar-refractivity contribution in [2.75, 3.05) is 19.8 Å². The van der Waals surface area contributed by atoms with Crippen LogP contribution in [0.1, 0.15) is 5.56 Å². The van der Waals surface area contributed by atoms with Gasteiger partial charge in [-0.05, 0) is 28.5 Å². The van der Waals surface area contributed by atoms with Crippen molar-refractivity contribution in [2.24, 2.45) is 0 Å². The van der Waals surface area contributed by atoms with Gasteiger partial charge in [0.1, 0.15) is 25.1 Å². The van der Waals surface area contributed by atoms with Crippen LogP contribution in [0.2, 0.25) is 0 Å². The van der Waals surface area contributed by atoms with E-state index in [1.807, 2.05) is 12.1 Å². The molecule has 1 aliphatic rings. The van der Waals surface area contributed by atoms with Gasteiger partial charge in [0, 0.05) is 0 Å². The zero-order valence-corrected chi connectivity index (χ0v) is 13.8. The summed E-state index contributed by atoms with van der Waals surface area (Å²) in [7, 11) is -5.76. The van der Waals surface area contributed by atoms with Gasteiger partial charge >= 0.3 is 5.25 Å². The molecule has 2 aromatic rings. The number of halogens is 2. The Labute approximate surface area is 143 Å². The Morgan fingerprint density at radius 2 is 2.04 bits per heavy atom. The first kappa shape index (κ1) is 18.0. The molecule has 0 bridgehead atoms. The Morgan fingerprint density at radius 3 is 2.72 bits per heavy atom. The lowest BCUT2D eigenvalue weighted by Crippen LogP contribution is -2.33. The van der Waals surface area contributed by atoms with Crippen LogP contribution in [0.25, 0.3) is 10.8 Å². The summed E-state index contributed by atoms with van der Waals surface area (Å²) >= 11 is 0. The van der Waals surface area contributed by atoms with Crippen molar-refractivity contribution in [3.05, 3.63) is 42.0 Å². The topological polar surface area (TPSA) is 88.2 Å². The fraction of sp³-hybridized carbons (Fsp3) is 0.375. The number of hydrogen-bond acceptors (Lipinski definition) is 6. The molecule has 0 radical (unpaired) electrons. The smallest absolute Gasteiger partial charge is 0.357 e. The Kier molecular flexibility index (Phi) is 4.92. The minimum absolute atomic E-state index is 0.102. The maximum atomic E-state index is 13.1. The molecule has 6 nitrogen and oxygen atoms in total. The molecule has 0 spiro atoms. The van der Waals surface area contributed by atoms with Gasteiger partial charge in [0.25, 0.3) is 0 Å². The predicted octanol–water partition coefficient (Wildman–Crippen LogP) is 2.27. The molecule has 0 N–H and O–H groups in total. The number of rotatable bonds is 8. The average molecular weight is 373 g/mol. The van der Waals surface area contributed by atoms with E-state index in [1.165, 1.54) is 0 Å². The van der Waals surface area contributed by atoms with E-state index in [-0.39, 0.29) is 12.7 Å². The predicted molar refractivity (Wildman–Crippen MR) is 83.5 cm³/mol. The number of epoxide rings is 1. The van der Waals surface area contributed by atoms with Crippen LogP contribution in [0.5, 0.6) is 5.75 Å². The highest BCUT2D eigenvalue weighted by Gasteiger charge is 2.37. The summed E-state index contributed by atoms with van der Waals surface area (Å²) in [5, 5.41) is -2.89. The van der Waals surface area contributed by atoms with Crippen LogP contribution in [0.4, 0.5) is 8.78 Å². The molecule has 2 aromatic carbocycles. The van der Waals surface area contributed by atoms with Gasteiger partial charge in [-0.15, -0.1) is 0 Å². The van der Waals surface area contributed by atoms with Crippen molar-refractivity contribution in [3.8, 4) is 5.75 Å². The number of ether oxygens (including phenoxy) is 3. The molecular weight excluding hydrogens is 358 g/mol. The van der Waals surface area contributed by atoms with Crippen LogP contribution in [-0.2, 0) is 26.2 Å². The molecule has 0 saturated carbocycles. The lowest BCUT2D eigenvalue weighted by Gasteiger charge is -2.19. The number of alkyl halides is 2. The van der Waals surface area contributed by atoms with Gasteiger partial charge in [0.15, 0.2) is 10.1 Å². The van der Waals surface area contributed by atoms with Gasteiger partial charge in [-0.25, -0.2) is 8.42 Å². The third-order valence-corrected chi connectivity index (χ3v) is 4.52. The largest absolute Gasteiger partial charge is 0.743 e. The normalized spacial score (nSPS) is 17.6. The first-order valence-electron chi connectivity index (χ1n) is 7.43. The zero-order chi connectivity index (χ0) is 18.1. The summed E-state index contributed by atoms with van der Waals surface area (Å²) in [4.78, 5) is 0. The molecule has 25 heavy (non-hydrogen) atoms. The standard InChI is InChI=1S/C16H16F2O6S/c17-16(18,25(19,20)21)10-22-7-12-3-1-2-11-4-5-13(6-15(11)12)23-8-14-9-24-14/h1-6,14H,7-10H2,(H,19,20,21)/p-1. The van der Waals surface area contributed by atoms with E-state index in [4.69, 9.17) is 14.2 Å². The quantitative estimate of drug-likeness (QED) is 0.521. The van der Waals surface area contributed by atoms with Gasteiger partial charge in [-0.3, -0.25) is 0 Å². The van der Waals surface area contributed by atoms with Gasteiger partial charge in [0.05, 0.1) is 13.2 Å². The molecule has 136 valence electrons. The van der Waals surface area contributed by atoms with Crippen LogP contribution in [0, 0.1) is 0 Å². The van der Waals surface area contributed by atoms with Crippen LogP contribution < -0.4 is 4.74 Å². The lowest BCUT2D eigenvalue weighted by atomic mass is 10.0. The van der Waals surface area contributed by atoms with Crippen molar-refractivity contribution in [1.29, 1.82) is 0 Å². The Morgan fingerprint density at radius 1 is 1.28 bits per heavy atom. The van der Waals surface area contributed by atoms with Crippen molar-refractivity contribution in [1.82, 2.24) is 0 Å². The molecule has 0 aliphatic carbocycles. The molecule has 1 fully saturated rings. The van der Waals surface area contributed by atoms with E-state index in [0.717, 1.165) is 10.8 Å². The molecule has 9 heteroatoms. The van der Waals surface area contributed by atoms with E-state index in [0.29, 0.717) is 24.5 Å². The minimum atomic E-state index is -5.76. The highest BCUT2D eigenvalue weighted by Crippen LogP contribution is 2.27. The zero-order valence-electron chi connectivity index (χ0n) is 13.0. The van der Waals surface area contributed by atoms with Gasteiger partial charge in [-0.2, -0.15) is 8.78 Å². The van der Waals surface area contributed by atoms with Crippen LogP contribution >= 0.6 is 0 Å². The summed E-state index contributed by atoms with van der Waals surface area (Å²) in [5.41, 5.74) is 0.574. The van der Waals surface area contributed by atoms with Gasteiger partial charge < -0.3 is 18.8 Å². The van der Waals surface area contributed by atoms with Crippen molar-refractivity contribution < 1.29 is 36.0 Å². The molecule has 3 rings (SSSR count). The first-order chi connectivity index (χ1) is 11.8. The van der Waals surface area contributed by atoms with E-state index in [9.17, 15) is 21.8 Å². The Balaban J connectivity index is 1.72. The summed E-state index contributed by atoms with van der Waals surface area (Å²) in [6.45, 7) is -0.663. The SMILES string of the molecule is O=S(=O)([O-])C(F)(F)COCc1cccc2ccc(OCC3CO3)cc12. The van der Waals surface area contributed by atoms with Crippen LogP contribution in [0.3, 0.4) is 0 Å². The number of fused-ring (bicyclic) bond motifs is 1. The van der Waals surface area contributed by atoms with Crippen molar-refractivity contribution in [3.63, 3.8) is 0 Å². The second-order valence-electron chi connectivity index (χ2n) is 5.65. The van der Waals surface area contributed by atoms with Gasteiger partial charge in [0.2, 0.25) is 0 Å². The molecule has 1 atom stereocenters. The highest BCUT2D eigenvalue weighted by atomic mass is 32.2. The summed E-state index contributed by atoms with van der Waals surface area (Å²) in [6, 6.07) is 10.6. The monoisotopic (exact) mass is 373 g/mol. The molecule has 1 unspecified atom stereocenters. The molecule has 0 amide bonds.